The number of hydrogen-bond donors (Lipinski definition) is 4. The summed E-state index contributed by atoms with van der Waals surface area (Å²) < 4.78 is 51.5. The van der Waals surface area contributed by atoms with Crippen LogP contribution in [0.5, 0.6) is 11.5 Å². The van der Waals surface area contributed by atoms with Crippen molar-refractivity contribution in [3.8, 4) is 17.2 Å². The lowest BCUT2D eigenvalue weighted by atomic mass is 10.1. The summed E-state index contributed by atoms with van der Waals surface area (Å²) in [7, 11) is -4.74. The van der Waals surface area contributed by atoms with Gasteiger partial charge in [-0.2, -0.15) is 8.42 Å². The number of rotatable bonds is 21. The van der Waals surface area contributed by atoms with E-state index < -0.39 is 26.7 Å². The number of ether oxygens (including phenoxy) is 3. The van der Waals surface area contributed by atoms with E-state index in [1.165, 1.54) is 81.7 Å². The fraction of sp³-hybridized carbons (Fsp3) is 0.389. The topological polar surface area (TPSA) is 161 Å². The number of unbranched alkanes of at least 4 members (excludes halogenated alkanes) is 9. The number of nitrogens with zero attached hydrogens (tertiary/aromatic N) is 1. The van der Waals surface area contributed by atoms with Gasteiger partial charge < -0.3 is 19.5 Å². The Kier molecular flexibility index (Phi) is 16.0. The van der Waals surface area contributed by atoms with Crippen LogP contribution in [0.1, 0.15) is 71.1 Å². The maximum absolute atomic E-state index is 12.7. The van der Waals surface area contributed by atoms with E-state index in [-0.39, 0.29) is 51.2 Å². The number of nitrogens with one attached hydrogen (secondary N) is 3. The largest absolute Gasteiger partial charge is 0.494 e. The third-order valence-electron chi connectivity index (χ3n) is 7.87. The van der Waals surface area contributed by atoms with Crippen LogP contribution in [-0.2, 0) is 14.9 Å². The minimum absolute atomic E-state index is 0.0188. The van der Waals surface area contributed by atoms with E-state index in [9.17, 15) is 22.6 Å². The lowest BCUT2D eigenvalue weighted by Crippen LogP contribution is -2.19. The van der Waals surface area contributed by atoms with Gasteiger partial charge in [0.2, 0.25) is 0 Å². The quantitative estimate of drug-likeness (QED) is 0.0475. The first-order valence-electron chi connectivity index (χ1n) is 17.1. The number of aromatic amines is 1. The maximum atomic E-state index is 12.7. The van der Waals surface area contributed by atoms with Crippen LogP contribution in [0, 0.1) is 0 Å². The van der Waals surface area contributed by atoms with Crippen molar-refractivity contribution >= 4 is 68.2 Å². The van der Waals surface area contributed by atoms with Gasteiger partial charge in [0.1, 0.15) is 41.1 Å². The molecule has 0 saturated carbocycles. The molecule has 12 nitrogen and oxygen atoms in total. The van der Waals surface area contributed by atoms with Gasteiger partial charge in [0.25, 0.3) is 15.7 Å². The molecule has 0 aliphatic rings. The molecule has 0 aliphatic heterocycles. The molecule has 16 heteroatoms. The molecule has 4 rings (SSSR count). The van der Waals surface area contributed by atoms with E-state index in [1.807, 2.05) is 12.1 Å². The van der Waals surface area contributed by atoms with Crippen molar-refractivity contribution in [2.75, 3.05) is 30.5 Å². The standard InChI is InChI=1S/C36H43Cl3N4O8S/c1-2-3-4-5-6-7-8-9-10-11-18-49-27-13-15-28(16-14-27)50-19-20-51-36(45)41-31-23-26(12-17-32(31)52(46,47)48)40-33-24-34(44)43(42-33)35-29(38)21-25(37)22-30(35)39/h12-17,21-24,40,42H,2-11,18-20H2,1H3,(H,41,45)(H,46,47,48). The Bertz CT molecular complexity index is 1910. The number of aromatic nitrogens is 2. The van der Waals surface area contributed by atoms with Crippen LogP contribution in [0.25, 0.3) is 5.69 Å². The van der Waals surface area contributed by atoms with Crippen molar-refractivity contribution in [3.05, 3.63) is 86.1 Å². The van der Waals surface area contributed by atoms with Crippen molar-refractivity contribution in [1.82, 2.24) is 9.78 Å². The Morgan fingerprint density at radius 1 is 0.788 bits per heavy atom. The summed E-state index contributed by atoms with van der Waals surface area (Å²) in [6, 6.07) is 14.8. The number of hydrogen-bond acceptors (Lipinski definition) is 8. The highest BCUT2D eigenvalue weighted by atomic mass is 35.5. The summed E-state index contributed by atoms with van der Waals surface area (Å²) in [6.45, 7) is 2.75. The number of anilines is 3. The Labute approximate surface area is 318 Å². The second-order valence-electron chi connectivity index (χ2n) is 12.0. The van der Waals surface area contributed by atoms with Gasteiger partial charge in [0.15, 0.2) is 0 Å². The third kappa shape index (κ3) is 13.0. The summed E-state index contributed by atoms with van der Waals surface area (Å²) >= 11 is 18.5. The second kappa shape index (κ2) is 20.4. The summed E-state index contributed by atoms with van der Waals surface area (Å²) in [4.78, 5) is 24.7. The van der Waals surface area contributed by atoms with Crippen molar-refractivity contribution in [1.29, 1.82) is 0 Å². The molecular formula is C36H43Cl3N4O8S. The number of halogens is 3. The predicted octanol–water partition coefficient (Wildman–Crippen LogP) is 10.0. The maximum Gasteiger partial charge on any atom is 0.411 e. The fourth-order valence-electron chi connectivity index (χ4n) is 5.31. The zero-order chi connectivity index (χ0) is 37.5. The number of carbonyl (C=O) groups is 1. The summed E-state index contributed by atoms with van der Waals surface area (Å²) in [5.74, 6) is 1.46. The highest BCUT2D eigenvalue weighted by Crippen LogP contribution is 2.32. The van der Waals surface area contributed by atoms with Gasteiger partial charge in [0, 0.05) is 16.8 Å². The normalized spacial score (nSPS) is 11.3. The van der Waals surface area contributed by atoms with Gasteiger partial charge in [-0.3, -0.25) is 19.8 Å². The predicted molar refractivity (Wildman–Crippen MR) is 205 cm³/mol. The van der Waals surface area contributed by atoms with Crippen molar-refractivity contribution in [3.63, 3.8) is 0 Å². The SMILES string of the molecule is CCCCCCCCCCCCOc1ccc(OCCOC(=O)Nc2cc(Nc3cc(=O)n(-c4c(Cl)cc(Cl)cc4Cl)[nH]3)ccc2S(=O)(=O)O)cc1. The van der Waals surface area contributed by atoms with Crippen LogP contribution in [0.15, 0.2) is 70.4 Å². The molecule has 282 valence electrons. The average molecular weight is 798 g/mol. The van der Waals surface area contributed by atoms with E-state index in [0.29, 0.717) is 12.4 Å². The van der Waals surface area contributed by atoms with E-state index in [0.717, 1.165) is 29.3 Å². The fourth-order valence-corrected chi connectivity index (χ4v) is 6.93. The van der Waals surface area contributed by atoms with E-state index in [2.05, 4.69) is 22.7 Å². The highest BCUT2D eigenvalue weighted by Gasteiger charge is 2.20. The molecule has 0 fully saturated rings. The molecule has 0 saturated heterocycles. The molecule has 0 spiro atoms. The number of benzene rings is 3. The minimum Gasteiger partial charge on any atom is -0.494 e. The lowest BCUT2D eigenvalue weighted by Gasteiger charge is -2.13. The molecule has 0 bridgehead atoms. The van der Waals surface area contributed by atoms with Gasteiger partial charge in [-0.15, -0.1) is 0 Å². The molecule has 52 heavy (non-hydrogen) atoms. The summed E-state index contributed by atoms with van der Waals surface area (Å²) in [6.07, 6.45) is 11.6. The van der Waals surface area contributed by atoms with Crippen molar-refractivity contribution in [2.45, 2.75) is 76.0 Å². The molecular weight excluding hydrogens is 755 g/mol. The molecule has 4 aromatic rings. The number of H-pyrrole nitrogens is 1. The molecule has 3 aromatic carbocycles. The van der Waals surface area contributed by atoms with Crippen LogP contribution in [0.2, 0.25) is 15.1 Å². The van der Waals surface area contributed by atoms with Crippen LogP contribution in [0.3, 0.4) is 0 Å². The zero-order valence-corrected chi connectivity index (χ0v) is 31.8. The third-order valence-corrected chi connectivity index (χ3v) is 9.58. The molecule has 1 heterocycles. The lowest BCUT2D eigenvalue weighted by molar-refractivity contribution is 0.137. The average Bonchev–Trinajstić information content (AvgIpc) is 3.43. The van der Waals surface area contributed by atoms with Crippen LogP contribution >= 0.6 is 34.8 Å². The van der Waals surface area contributed by atoms with Crippen molar-refractivity contribution < 1.29 is 32.0 Å². The summed E-state index contributed by atoms with van der Waals surface area (Å²) in [5.41, 5.74) is -0.389. The Balaban J connectivity index is 1.22. The van der Waals surface area contributed by atoms with E-state index in [1.54, 1.807) is 12.1 Å². The molecule has 0 radical (unpaired) electrons. The van der Waals surface area contributed by atoms with Gasteiger partial charge in [0.05, 0.1) is 22.3 Å². The number of amides is 1. The summed E-state index contributed by atoms with van der Waals surface area (Å²) in [5, 5.41) is 8.56. The first-order valence-corrected chi connectivity index (χ1v) is 19.7. The second-order valence-corrected chi connectivity index (χ2v) is 14.6. The minimum atomic E-state index is -4.74. The smallest absolute Gasteiger partial charge is 0.411 e. The molecule has 4 N–H and O–H groups in total. The van der Waals surface area contributed by atoms with Gasteiger partial charge in [-0.1, -0.05) is 99.5 Å². The van der Waals surface area contributed by atoms with Gasteiger partial charge in [-0.05, 0) is 61.0 Å². The molecule has 0 atom stereocenters. The zero-order valence-electron chi connectivity index (χ0n) is 28.8. The Hall–Kier alpha value is -3.88. The van der Waals surface area contributed by atoms with Crippen LogP contribution in [-0.4, -0.2) is 48.7 Å². The van der Waals surface area contributed by atoms with Crippen LogP contribution < -0.4 is 25.7 Å². The molecule has 1 amide bonds. The Morgan fingerprint density at radius 2 is 1.37 bits per heavy atom. The number of carbonyl (C=O) groups excluding carboxylic acids is 1. The van der Waals surface area contributed by atoms with Gasteiger partial charge in [-0.25, -0.2) is 9.48 Å². The highest BCUT2D eigenvalue weighted by molar-refractivity contribution is 7.86. The van der Waals surface area contributed by atoms with Crippen molar-refractivity contribution in [2.24, 2.45) is 0 Å². The first-order chi connectivity index (χ1) is 24.9. The Morgan fingerprint density at radius 3 is 1.96 bits per heavy atom. The molecule has 0 aliphatic carbocycles. The monoisotopic (exact) mass is 796 g/mol. The van der Waals surface area contributed by atoms with Crippen LogP contribution in [0.4, 0.5) is 22.0 Å². The molecule has 0 unspecified atom stereocenters. The van der Waals surface area contributed by atoms with E-state index >= 15 is 0 Å². The van der Waals surface area contributed by atoms with Gasteiger partial charge >= 0.3 is 6.09 Å². The van der Waals surface area contributed by atoms with E-state index in [4.69, 9.17) is 49.0 Å². The first kappa shape index (κ1) is 40.9. The molecule has 1 aromatic heterocycles.